The van der Waals surface area contributed by atoms with Crippen molar-refractivity contribution in [3.05, 3.63) is 35.9 Å². The first-order valence-electron chi connectivity index (χ1n) is 7.30. The van der Waals surface area contributed by atoms with Crippen LogP contribution in [-0.2, 0) is 14.3 Å². The molecule has 0 aromatic heterocycles. The molecule has 21 heavy (non-hydrogen) atoms. The van der Waals surface area contributed by atoms with Gasteiger partial charge >= 0.3 is 5.97 Å². The average Bonchev–Trinajstić information content (AvgIpc) is 2.42. The van der Waals surface area contributed by atoms with Crippen LogP contribution in [0.2, 0.25) is 0 Å². The number of aliphatic carboxylic acids is 1. The molecule has 5 heteroatoms. The number of carbonyl (C=O) groups excluding carboxylic acids is 1. The van der Waals surface area contributed by atoms with Crippen LogP contribution >= 0.6 is 0 Å². The summed E-state index contributed by atoms with van der Waals surface area (Å²) in [6, 6.07) is 9.69. The molecule has 1 aliphatic rings. The van der Waals surface area contributed by atoms with Gasteiger partial charge in [-0.15, -0.1) is 0 Å². The molecule has 2 rings (SSSR count). The summed E-state index contributed by atoms with van der Waals surface area (Å²) in [7, 11) is 0. The Morgan fingerprint density at radius 1 is 1.29 bits per heavy atom. The lowest BCUT2D eigenvalue weighted by Gasteiger charge is -2.32. The number of nitrogens with one attached hydrogen (secondary N) is 1. The number of rotatable bonds is 7. The van der Waals surface area contributed by atoms with E-state index in [4.69, 9.17) is 9.84 Å². The van der Waals surface area contributed by atoms with Gasteiger partial charge in [0, 0.05) is 13.2 Å². The molecule has 114 valence electrons. The van der Waals surface area contributed by atoms with Gasteiger partial charge in [0.1, 0.15) is 0 Å². The number of ether oxygens (including phenoxy) is 1. The number of carboxylic acid groups (broad SMARTS) is 1. The lowest BCUT2D eigenvalue weighted by atomic mass is 9.73. The van der Waals surface area contributed by atoms with Crippen molar-refractivity contribution in [2.75, 3.05) is 13.2 Å². The Balaban J connectivity index is 1.90. The molecule has 3 unspecified atom stereocenters. The van der Waals surface area contributed by atoms with E-state index in [-0.39, 0.29) is 12.0 Å². The molecule has 0 heterocycles. The molecule has 0 aliphatic heterocycles. The van der Waals surface area contributed by atoms with Crippen LogP contribution in [0.25, 0.3) is 0 Å². The van der Waals surface area contributed by atoms with E-state index in [0.29, 0.717) is 26.0 Å². The molecule has 0 bridgehead atoms. The summed E-state index contributed by atoms with van der Waals surface area (Å²) in [4.78, 5) is 23.0. The molecule has 0 radical (unpaired) electrons. The minimum absolute atomic E-state index is 0.186. The van der Waals surface area contributed by atoms with Crippen molar-refractivity contribution in [3.8, 4) is 0 Å². The van der Waals surface area contributed by atoms with Crippen LogP contribution in [0.3, 0.4) is 0 Å². The van der Waals surface area contributed by atoms with Crippen LogP contribution < -0.4 is 5.32 Å². The maximum atomic E-state index is 12.1. The summed E-state index contributed by atoms with van der Waals surface area (Å²) >= 11 is 0. The Kier molecular flexibility index (Phi) is 5.33. The van der Waals surface area contributed by atoms with E-state index in [0.717, 1.165) is 5.56 Å². The summed E-state index contributed by atoms with van der Waals surface area (Å²) < 4.78 is 5.65. The van der Waals surface area contributed by atoms with Gasteiger partial charge in [-0.05, 0) is 25.3 Å². The fraction of sp³-hybridized carbons (Fsp3) is 0.500. The van der Waals surface area contributed by atoms with E-state index in [2.05, 4.69) is 5.32 Å². The molecule has 2 N–H and O–H groups in total. The number of carboxylic acids is 1. The zero-order chi connectivity index (χ0) is 15.2. The number of hydrogen-bond acceptors (Lipinski definition) is 3. The molecule has 1 aromatic carbocycles. The highest BCUT2D eigenvalue weighted by molar-refractivity contribution is 5.86. The third-order valence-corrected chi connectivity index (χ3v) is 3.93. The molecule has 1 saturated carbocycles. The molecule has 1 fully saturated rings. The second-order valence-corrected chi connectivity index (χ2v) is 5.23. The van der Waals surface area contributed by atoms with Gasteiger partial charge in [0.2, 0.25) is 5.91 Å². The molecule has 3 atom stereocenters. The van der Waals surface area contributed by atoms with Gasteiger partial charge in [-0.2, -0.15) is 0 Å². The van der Waals surface area contributed by atoms with Crippen molar-refractivity contribution < 1.29 is 19.4 Å². The lowest BCUT2D eigenvalue weighted by molar-refractivity contribution is -0.152. The molecule has 1 amide bonds. The number of benzene rings is 1. The molecular weight excluding hydrogens is 270 g/mol. The van der Waals surface area contributed by atoms with Crippen molar-refractivity contribution in [1.29, 1.82) is 0 Å². The highest BCUT2D eigenvalue weighted by Gasteiger charge is 2.41. The quantitative estimate of drug-likeness (QED) is 0.805. The van der Waals surface area contributed by atoms with Crippen LogP contribution in [0.1, 0.15) is 31.4 Å². The van der Waals surface area contributed by atoms with E-state index >= 15 is 0 Å². The average molecular weight is 291 g/mol. The second kappa shape index (κ2) is 7.22. The van der Waals surface area contributed by atoms with Crippen molar-refractivity contribution >= 4 is 11.9 Å². The molecule has 0 spiro atoms. The first-order chi connectivity index (χ1) is 10.1. The largest absolute Gasteiger partial charge is 0.481 e. The zero-order valence-corrected chi connectivity index (χ0v) is 12.1. The number of carbonyl (C=O) groups is 2. The first-order valence-corrected chi connectivity index (χ1v) is 7.30. The van der Waals surface area contributed by atoms with Gasteiger partial charge in [0.25, 0.3) is 0 Å². The Morgan fingerprint density at radius 2 is 1.95 bits per heavy atom. The predicted octanol–water partition coefficient (Wildman–Crippen LogP) is 1.99. The maximum absolute atomic E-state index is 12.1. The van der Waals surface area contributed by atoms with Gasteiger partial charge in [-0.25, -0.2) is 0 Å². The summed E-state index contributed by atoms with van der Waals surface area (Å²) in [6.07, 6.45) is 1.03. The van der Waals surface area contributed by atoms with Crippen LogP contribution in [0.5, 0.6) is 0 Å². The smallest absolute Gasteiger partial charge is 0.307 e. The van der Waals surface area contributed by atoms with Crippen molar-refractivity contribution in [1.82, 2.24) is 5.32 Å². The lowest BCUT2D eigenvalue weighted by Crippen LogP contribution is -2.45. The second-order valence-electron chi connectivity index (χ2n) is 5.23. The third-order valence-electron chi connectivity index (χ3n) is 3.93. The van der Waals surface area contributed by atoms with Gasteiger partial charge in [0.05, 0.1) is 17.9 Å². The highest BCUT2D eigenvalue weighted by atomic mass is 16.5. The fourth-order valence-corrected chi connectivity index (χ4v) is 2.58. The summed E-state index contributed by atoms with van der Waals surface area (Å²) in [5.74, 6) is -2.01. The minimum Gasteiger partial charge on any atom is -0.481 e. The summed E-state index contributed by atoms with van der Waals surface area (Å²) in [6.45, 7) is 2.82. The van der Waals surface area contributed by atoms with Gasteiger partial charge < -0.3 is 15.2 Å². The Labute approximate surface area is 124 Å². The van der Waals surface area contributed by atoms with Gasteiger partial charge in [0.15, 0.2) is 0 Å². The Morgan fingerprint density at radius 3 is 2.48 bits per heavy atom. The summed E-state index contributed by atoms with van der Waals surface area (Å²) in [5, 5.41) is 11.8. The maximum Gasteiger partial charge on any atom is 0.307 e. The van der Waals surface area contributed by atoms with Crippen molar-refractivity contribution in [3.63, 3.8) is 0 Å². The first kappa shape index (κ1) is 15.5. The van der Waals surface area contributed by atoms with Crippen LogP contribution in [0, 0.1) is 11.8 Å². The van der Waals surface area contributed by atoms with Crippen molar-refractivity contribution in [2.24, 2.45) is 11.8 Å². The van der Waals surface area contributed by atoms with Gasteiger partial charge in [-0.1, -0.05) is 30.3 Å². The third kappa shape index (κ3) is 3.82. The van der Waals surface area contributed by atoms with Crippen molar-refractivity contribution in [2.45, 2.75) is 25.9 Å². The minimum atomic E-state index is -0.884. The molecule has 1 aliphatic carbocycles. The van der Waals surface area contributed by atoms with E-state index < -0.39 is 17.8 Å². The monoisotopic (exact) mass is 291 g/mol. The molecule has 1 aromatic rings. The predicted molar refractivity (Wildman–Crippen MR) is 77.7 cm³/mol. The highest BCUT2D eigenvalue weighted by Crippen LogP contribution is 2.34. The SMILES string of the molecule is CCOC(CNC(=O)C1CCC1C(=O)O)c1ccccc1. The summed E-state index contributed by atoms with van der Waals surface area (Å²) in [5.41, 5.74) is 1.00. The van der Waals surface area contributed by atoms with Crippen LogP contribution in [0.15, 0.2) is 30.3 Å². The number of amides is 1. The standard InChI is InChI=1S/C16H21NO4/c1-2-21-14(11-6-4-3-5-7-11)10-17-15(18)12-8-9-13(12)16(19)20/h3-7,12-14H,2,8-10H2,1H3,(H,17,18)(H,19,20). The van der Waals surface area contributed by atoms with Gasteiger partial charge in [-0.3, -0.25) is 9.59 Å². The van der Waals surface area contributed by atoms with E-state index in [1.807, 2.05) is 37.3 Å². The zero-order valence-electron chi connectivity index (χ0n) is 12.1. The van der Waals surface area contributed by atoms with Crippen LogP contribution in [-0.4, -0.2) is 30.1 Å². The molecule has 5 nitrogen and oxygen atoms in total. The van der Waals surface area contributed by atoms with E-state index in [1.54, 1.807) is 0 Å². The molecule has 0 saturated heterocycles. The Bertz CT molecular complexity index is 488. The topological polar surface area (TPSA) is 75.6 Å². The number of hydrogen-bond donors (Lipinski definition) is 2. The van der Waals surface area contributed by atoms with Crippen LogP contribution in [0.4, 0.5) is 0 Å². The molecular formula is C16H21NO4. The fourth-order valence-electron chi connectivity index (χ4n) is 2.58. The van der Waals surface area contributed by atoms with E-state index in [1.165, 1.54) is 0 Å². The Hall–Kier alpha value is -1.88. The van der Waals surface area contributed by atoms with E-state index in [9.17, 15) is 9.59 Å². The normalized spacial score (nSPS) is 22.1.